The molecule has 1 aliphatic rings. The van der Waals surface area contributed by atoms with Crippen molar-refractivity contribution in [2.75, 3.05) is 5.73 Å². The molecule has 1 fully saturated rings. The first-order chi connectivity index (χ1) is 5.75. The van der Waals surface area contributed by atoms with Gasteiger partial charge >= 0.3 is 0 Å². The van der Waals surface area contributed by atoms with Crippen molar-refractivity contribution in [1.82, 2.24) is 4.98 Å². The number of nitrogens with zero attached hydrogens (tertiary/aromatic N) is 1. The highest BCUT2D eigenvalue weighted by atomic mass is 16.5. The molecule has 1 aromatic rings. The Morgan fingerprint density at radius 3 is 2.83 bits per heavy atom. The predicted octanol–water partition coefficient (Wildman–Crippen LogP) is 1.51. The van der Waals surface area contributed by atoms with E-state index in [4.69, 9.17) is 10.5 Å². The largest absolute Gasteiger partial charge is 0.474 e. The smallest absolute Gasteiger partial charge is 0.213 e. The Morgan fingerprint density at radius 2 is 2.25 bits per heavy atom. The van der Waals surface area contributed by atoms with Crippen molar-refractivity contribution in [2.24, 2.45) is 0 Å². The summed E-state index contributed by atoms with van der Waals surface area (Å²) >= 11 is 0. The molecule has 1 aromatic heterocycles. The molecule has 0 unspecified atom stereocenters. The second-order valence-corrected chi connectivity index (χ2v) is 3.14. The van der Waals surface area contributed by atoms with Crippen LogP contribution in [0.4, 0.5) is 5.69 Å². The van der Waals surface area contributed by atoms with Gasteiger partial charge in [-0.1, -0.05) is 0 Å². The number of hydrogen-bond acceptors (Lipinski definition) is 3. The molecule has 0 saturated heterocycles. The standard InChI is InChI=1S/C9H12N2O/c1-6-8(10)4-5-9(11-6)12-7-2-3-7/h4-5,7H,2-3,10H2,1H3. The third kappa shape index (κ3) is 1.49. The molecular weight excluding hydrogens is 152 g/mol. The highest BCUT2D eigenvalue weighted by Crippen LogP contribution is 2.26. The van der Waals surface area contributed by atoms with E-state index in [2.05, 4.69) is 4.98 Å². The van der Waals surface area contributed by atoms with E-state index < -0.39 is 0 Å². The lowest BCUT2D eigenvalue weighted by Crippen LogP contribution is -2.00. The Bertz CT molecular complexity index is 295. The van der Waals surface area contributed by atoms with Crippen LogP contribution in [0.3, 0.4) is 0 Å². The molecule has 1 aliphatic carbocycles. The van der Waals surface area contributed by atoms with Gasteiger partial charge in [0.2, 0.25) is 5.88 Å². The van der Waals surface area contributed by atoms with Gasteiger partial charge < -0.3 is 10.5 Å². The molecule has 0 aromatic carbocycles. The minimum absolute atomic E-state index is 0.403. The number of pyridine rings is 1. The van der Waals surface area contributed by atoms with Gasteiger partial charge in [0, 0.05) is 6.07 Å². The van der Waals surface area contributed by atoms with Gasteiger partial charge in [-0.15, -0.1) is 0 Å². The summed E-state index contributed by atoms with van der Waals surface area (Å²) in [6.45, 7) is 1.88. The lowest BCUT2D eigenvalue weighted by atomic mass is 10.3. The molecule has 12 heavy (non-hydrogen) atoms. The summed E-state index contributed by atoms with van der Waals surface area (Å²) in [6.07, 6.45) is 2.72. The van der Waals surface area contributed by atoms with Crippen molar-refractivity contribution >= 4 is 5.69 Å². The van der Waals surface area contributed by atoms with Crippen molar-refractivity contribution in [3.63, 3.8) is 0 Å². The Labute approximate surface area is 71.6 Å². The van der Waals surface area contributed by atoms with Gasteiger partial charge in [-0.25, -0.2) is 4.98 Å². The number of rotatable bonds is 2. The van der Waals surface area contributed by atoms with E-state index in [1.807, 2.05) is 19.1 Å². The number of hydrogen-bond donors (Lipinski definition) is 1. The Morgan fingerprint density at radius 1 is 1.50 bits per heavy atom. The van der Waals surface area contributed by atoms with E-state index in [1.54, 1.807) is 0 Å². The van der Waals surface area contributed by atoms with E-state index >= 15 is 0 Å². The fraction of sp³-hybridized carbons (Fsp3) is 0.444. The van der Waals surface area contributed by atoms with Gasteiger partial charge in [0.05, 0.1) is 11.4 Å². The third-order valence-electron chi connectivity index (χ3n) is 1.91. The van der Waals surface area contributed by atoms with Crippen LogP contribution in [0.1, 0.15) is 18.5 Å². The molecule has 2 rings (SSSR count). The fourth-order valence-electron chi connectivity index (χ4n) is 0.971. The zero-order valence-electron chi connectivity index (χ0n) is 7.08. The lowest BCUT2D eigenvalue weighted by Gasteiger charge is -2.04. The molecule has 3 heteroatoms. The summed E-state index contributed by atoms with van der Waals surface area (Å²) in [4.78, 5) is 4.21. The van der Waals surface area contributed by atoms with Crippen molar-refractivity contribution in [3.05, 3.63) is 17.8 Å². The van der Waals surface area contributed by atoms with E-state index in [0.29, 0.717) is 12.0 Å². The fourth-order valence-corrected chi connectivity index (χ4v) is 0.971. The highest BCUT2D eigenvalue weighted by Gasteiger charge is 2.23. The highest BCUT2D eigenvalue weighted by molar-refractivity contribution is 5.43. The van der Waals surface area contributed by atoms with E-state index in [9.17, 15) is 0 Å². The number of nitrogen functional groups attached to an aromatic ring is 1. The number of ether oxygens (including phenoxy) is 1. The summed E-state index contributed by atoms with van der Waals surface area (Å²) in [5, 5.41) is 0. The minimum Gasteiger partial charge on any atom is -0.474 e. The second kappa shape index (κ2) is 2.66. The minimum atomic E-state index is 0.403. The van der Waals surface area contributed by atoms with Crippen molar-refractivity contribution in [1.29, 1.82) is 0 Å². The third-order valence-corrected chi connectivity index (χ3v) is 1.91. The maximum Gasteiger partial charge on any atom is 0.213 e. The Kier molecular flexibility index (Phi) is 1.64. The Balaban J connectivity index is 2.15. The predicted molar refractivity (Wildman–Crippen MR) is 47.0 cm³/mol. The van der Waals surface area contributed by atoms with Crippen LogP contribution in [0.25, 0.3) is 0 Å². The van der Waals surface area contributed by atoms with E-state index in [1.165, 1.54) is 0 Å². The molecule has 3 nitrogen and oxygen atoms in total. The lowest BCUT2D eigenvalue weighted by molar-refractivity contribution is 0.290. The van der Waals surface area contributed by atoms with Gasteiger partial charge in [0.15, 0.2) is 0 Å². The molecule has 0 bridgehead atoms. The second-order valence-electron chi connectivity index (χ2n) is 3.14. The van der Waals surface area contributed by atoms with Crippen LogP contribution < -0.4 is 10.5 Å². The molecule has 0 aliphatic heterocycles. The monoisotopic (exact) mass is 164 g/mol. The van der Waals surface area contributed by atoms with E-state index in [0.717, 1.165) is 24.2 Å². The van der Waals surface area contributed by atoms with E-state index in [-0.39, 0.29) is 0 Å². The molecular formula is C9H12N2O. The zero-order valence-corrected chi connectivity index (χ0v) is 7.08. The number of aryl methyl sites for hydroxylation is 1. The maximum absolute atomic E-state index is 5.62. The van der Waals surface area contributed by atoms with Gasteiger partial charge in [-0.05, 0) is 25.8 Å². The maximum atomic E-state index is 5.62. The molecule has 64 valence electrons. The summed E-state index contributed by atoms with van der Waals surface area (Å²) < 4.78 is 5.49. The number of anilines is 1. The van der Waals surface area contributed by atoms with Crippen LogP contribution in [0.15, 0.2) is 12.1 Å². The first-order valence-corrected chi connectivity index (χ1v) is 4.15. The van der Waals surface area contributed by atoms with Crippen molar-refractivity contribution in [2.45, 2.75) is 25.9 Å². The average Bonchev–Trinajstić information content (AvgIpc) is 2.81. The van der Waals surface area contributed by atoms with Crippen molar-refractivity contribution in [3.8, 4) is 5.88 Å². The van der Waals surface area contributed by atoms with Gasteiger partial charge in [-0.3, -0.25) is 0 Å². The van der Waals surface area contributed by atoms with Gasteiger partial charge in [0.1, 0.15) is 6.10 Å². The molecule has 0 amide bonds. The quantitative estimate of drug-likeness (QED) is 0.720. The molecule has 0 radical (unpaired) electrons. The number of nitrogens with two attached hydrogens (primary N) is 1. The molecule has 2 N–H and O–H groups in total. The summed E-state index contributed by atoms with van der Waals surface area (Å²) in [5.74, 6) is 0.698. The van der Waals surface area contributed by atoms with Crippen LogP contribution >= 0.6 is 0 Å². The van der Waals surface area contributed by atoms with Gasteiger partial charge in [0.25, 0.3) is 0 Å². The van der Waals surface area contributed by atoms with Crippen molar-refractivity contribution < 1.29 is 4.74 Å². The van der Waals surface area contributed by atoms with Crippen LogP contribution in [0.2, 0.25) is 0 Å². The SMILES string of the molecule is Cc1nc(OC2CC2)ccc1N. The first kappa shape index (κ1) is 7.40. The number of aromatic nitrogens is 1. The van der Waals surface area contributed by atoms with Crippen LogP contribution in [-0.2, 0) is 0 Å². The summed E-state index contributed by atoms with van der Waals surface area (Å²) in [5.41, 5.74) is 7.18. The van der Waals surface area contributed by atoms with Crippen LogP contribution in [-0.4, -0.2) is 11.1 Å². The van der Waals surface area contributed by atoms with Crippen LogP contribution in [0, 0.1) is 6.92 Å². The summed E-state index contributed by atoms with van der Waals surface area (Å²) in [7, 11) is 0. The van der Waals surface area contributed by atoms with Crippen LogP contribution in [0.5, 0.6) is 5.88 Å². The topological polar surface area (TPSA) is 48.1 Å². The molecule has 0 spiro atoms. The Hall–Kier alpha value is -1.25. The zero-order chi connectivity index (χ0) is 8.55. The molecule has 1 saturated carbocycles. The normalized spacial score (nSPS) is 16.1. The molecule has 1 heterocycles. The van der Waals surface area contributed by atoms with Gasteiger partial charge in [-0.2, -0.15) is 0 Å². The molecule has 0 atom stereocenters. The first-order valence-electron chi connectivity index (χ1n) is 4.15. The summed E-state index contributed by atoms with van der Waals surface area (Å²) in [6, 6.07) is 3.65. The average molecular weight is 164 g/mol.